The van der Waals surface area contributed by atoms with Gasteiger partial charge in [0.2, 0.25) is 0 Å². The fraction of sp³-hybridized carbons (Fsp3) is 0.286. The van der Waals surface area contributed by atoms with E-state index in [0.29, 0.717) is 6.54 Å². The molecule has 20 heavy (non-hydrogen) atoms. The molecule has 2 rings (SSSR count). The van der Waals surface area contributed by atoms with Crippen LogP contribution >= 0.6 is 0 Å². The van der Waals surface area contributed by atoms with Crippen molar-refractivity contribution in [3.8, 4) is 5.75 Å². The van der Waals surface area contributed by atoms with E-state index in [0.717, 1.165) is 24.3 Å². The number of aromatic nitrogens is 2. The molecule has 2 aromatic rings. The number of H-pyrrole nitrogens is 1. The molecule has 1 heterocycles. The summed E-state index contributed by atoms with van der Waals surface area (Å²) in [7, 11) is 1.66. The maximum atomic E-state index is 10.0. The number of nitrogens with one attached hydrogen (secondary N) is 2. The van der Waals surface area contributed by atoms with Crippen molar-refractivity contribution in [3.63, 3.8) is 0 Å². The minimum Gasteiger partial charge on any atom is -0.497 e. The summed E-state index contributed by atoms with van der Waals surface area (Å²) in [6, 6.07) is 9.68. The Morgan fingerprint density at radius 3 is 2.65 bits per heavy atom. The third kappa shape index (κ3) is 7.05. The third-order valence-electron chi connectivity index (χ3n) is 2.42. The van der Waals surface area contributed by atoms with Gasteiger partial charge in [-0.05, 0) is 25.0 Å². The normalized spacial score (nSPS) is 9.25. The highest BCUT2D eigenvalue weighted by Crippen LogP contribution is 2.05. The average molecular weight is 277 g/mol. The third-order valence-corrected chi connectivity index (χ3v) is 2.42. The number of carbonyl (C=O) groups is 1. The number of nitrogens with zero attached hydrogens (tertiary/aromatic N) is 1. The zero-order chi connectivity index (χ0) is 14.6. The van der Waals surface area contributed by atoms with Gasteiger partial charge in [-0.25, -0.2) is 9.78 Å². The molecule has 6 heteroatoms. The number of hydrogen-bond donors (Lipinski definition) is 3. The molecule has 0 saturated heterocycles. The molecule has 1 aromatic carbocycles. The highest BCUT2D eigenvalue weighted by molar-refractivity contribution is 5.64. The molecule has 1 amide bonds. The van der Waals surface area contributed by atoms with Gasteiger partial charge in [0.05, 0.1) is 19.1 Å². The molecular weight excluding hydrogens is 258 g/mol. The van der Waals surface area contributed by atoms with Gasteiger partial charge >= 0.3 is 6.09 Å². The Kier molecular flexibility index (Phi) is 7.34. The fourth-order valence-corrected chi connectivity index (χ4v) is 1.45. The van der Waals surface area contributed by atoms with Gasteiger partial charge in [-0.2, -0.15) is 0 Å². The molecule has 0 radical (unpaired) electrons. The van der Waals surface area contributed by atoms with Crippen molar-refractivity contribution in [1.82, 2.24) is 15.3 Å². The lowest BCUT2D eigenvalue weighted by molar-refractivity contribution is 0.194. The minimum absolute atomic E-state index is 0.474. The maximum Gasteiger partial charge on any atom is 0.404 e. The molecule has 3 N–H and O–H groups in total. The van der Waals surface area contributed by atoms with Crippen LogP contribution in [-0.2, 0) is 6.42 Å². The number of hydrogen-bond acceptors (Lipinski definition) is 3. The van der Waals surface area contributed by atoms with E-state index >= 15 is 0 Å². The van der Waals surface area contributed by atoms with Crippen LogP contribution in [0.25, 0.3) is 0 Å². The lowest BCUT2D eigenvalue weighted by atomic mass is 10.2. The number of benzene rings is 1. The first kappa shape index (κ1) is 15.6. The summed E-state index contributed by atoms with van der Waals surface area (Å²) < 4.78 is 4.91. The summed E-state index contributed by atoms with van der Waals surface area (Å²) in [6.45, 7) is 0.474. The molecule has 0 unspecified atom stereocenters. The van der Waals surface area contributed by atoms with Crippen molar-refractivity contribution >= 4 is 6.09 Å². The second-order valence-corrected chi connectivity index (χ2v) is 3.91. The predicted octanol–water partition coefficient (Wildman–Crippen LogP) is 2.31. The number of rotatable bonds is 5. The van der Waals surface area contributed by atoms with Crippen LogP contribution in [0.4, 0.5) is 4.79 Å². The number of ether oxygens (including phenoxy) is 1. The second kappa shape index (κ2) is 9.43. The Morgan fingerprint density at radius 2 is 2.15 bits per heavy atom. The molecule has 0 spiro atoms. The van der Waals surface area contributed by atoms with Crippen molar-refractivity contribution in [3.05, 3.63) is 48.5 Å². The molecule has 0 atom stereocenters. The van der Waals surface area contributed by atoms with Crippen LogP contribution in [0.5, 0.6) is 5.75 Å². The molecule has 0 aliphatic heterocycles. The van der Waals surface area contributed by atoms with Crippen molar-refractivity contribution < 1.29 is 14.6 Å². The maximum absolute atomic E-state index is 10.0. The van der Waals surface area contributed by atoms with E-state index in [-0.39, 0.29) is 0 Å². The SMILES string of the molecule is COc1ccccc1.O=C(O)NCCCc1c[nH]cn1. The smallest absolute Gasteiger partial charge is 0.404 e. The Morgan fingerprint density at radius 1 is 1.40 bits per heavy atom. The van der Waals surface area contributed by atoms with Gasteiger partial charge < -0.3 is 20.1 Å². The largest absolute Gasteiger partial charge is 0.497 e. The van der Waals surface area contributed by atoms with E-state index in [1.165, 1.54) is 0 Å². The molecule has 108 valence electrons. The number of imidazole rings is 1. The summed E-state index contributed by atoms with van der Waals surface area (Å²) in [5, 5.41) is 10.5. The summed E-state index contributed by atoms with van der Waals surface area (Å²) >= 11 is 0. The van der Waals surface area contributed by atoms with Crippen LogP contribution < -0.4 is 10.1 Å². The van der Waals surface area contributed by atoms with Gasteiger partial charge in [0.1, 0.15) is 5.75 Å². The highest BCUT2D eigenvalue weighted by Gasteiger charge is 1.96. The molecule has 0 bridgehead atoms. The molecule has 1 aromatic heterocycles. The van der Waals surface area contributed by atoms with E-state index in [1.807, 2.05) is 30.3 Å². The van der Waals surface area contributed by atoms with Crippen LogP contribution in [-0.4, -0.2) is 34.8 Å². The van der Waals surface area contributed by atoms with Crippen LogP contribution in [0, 0.1) is 0 Å². The van der Waals surface area contributed by atoms with E-state index in [9.17, 15) is 4.79 Å². The Balaban J connectivity index is 0.000000217. The number of carboxylic acid groups (broad SMARTS) is 1. The second-order valence-electron chi connectivity index (χ2n) is 3.91. The van der Waals surface area contributed by atoms with Gasteiger partial charge in [0.25, 0.3) is 0 Å². The van der Waals surface area contributed by atoms with Gasteiger partial charge in [-0.3, -0.25) is 0 Å². The van der Waals surface area contributed by atoms with Crippen LogP contribution in [0.2, 0.25) is 0 Å². The Bertz CT molecular complexity index is 472. The Hall–Kier alpha value is -2.50. The standard InChI is InChI=1S/C7H11N3O2.C7H8O/c11-7(12)9-3-1-2-6-4-8-5-10-6;1-8-7-5-3-2-4-6-7/h4-5,9H,1-3H2,(H,8,10)(H,11,12);2-6H,1H3. The highest BCUT2D eigenvalue weighted by atomic mass is 16.5. The number of methoxy groups -OCH3 is 1. The lowest BCUT2D eigenvalue weighted by Crippen LogP contribution is -2.22. The number of amides is 1. The fourth-order valence-electron chi connectivity index (χ4n) is 1.45. The van der Waals surface area contributed by atoms with Gasteiger partial charge in [0.15, 0.2) is 0 Å². The zero-order valence-electron chi connectivity index (χ0n) is 11.4. The minimum atomic E-state index is -0.975. The van der Waals surface area contributed by atoms with Crippen molar-refractivity contribution in [1.29, 1.82) is 0 Å². The van der Waals surface area contributed by atoms with Crippen molar-refractivity contribution in [2.24, 2.45) is 0 Å². The summed E-state index contributed by atoms with van der Waals surface area (Å²) in [5.74, 6) is 0.910. The first-order valence-electron chi connectivity index (χ1n) is 6.26. The first-order valence-corrected chi connectivity index (χ1v) is 6.26. The van der Waals surface area contributed by atoms with Crippen LogP contribution in [0.1, 0.15) is 12.1 Å². The van der Waals surface area contributed by atoms with Crippen LogP contribution in [0.15, 0.2) is 42.9 Å². The summed E-state index contributed by atoms with van der Waals surface area (Å²) in [5.41, 5.74) is 0.960. The Labute approximate surface area is 117 Å². The predicted molar refractivity (Wildman–Crippen MR) is 75.9 cm³/mol. The number of aromatic amines is 1. The average Bonchev–Trinajstić information content (AvgIpc) is 2.98. The molecule has 0 aliphatic rings. The number of para-hydroxylation sites is 1. The van der Waals surface area contributed by atoms with Crippen LogP contribution in [0.3, 0.4) is 0 Å². The van der Waals surface area contributed by atoms with E-state index in [4.69, 9.17) is 9.84 Å². The lowest BCUT2D eigenvalue weighted by Gasteiger charge is -1.97. The van der Waals surface area contributed by atoms with E-state index < -0.39 is 6.09 Å². The topological polar surface area (TPSA) is 87.2 Å². The monoisotopic (exact) mass is 277 g/mol. The molecule has 0 saturated carbocycles. The van der Waals surface area contributed by atoms with E-state index in [2.05, 4.69) is 15.3 Å². The molecule has 0 fully saturated rings. The van der Waals surface area contributed by atoms with Gasteiger partial charge in [-0.15, -0.1) is 0 Å². The first-order chi connectivity index (χ1) is 9.72. The van der Waals surface area contributed by atoms with Crippen molar-refractivity contribution in [2.75, 3.05) is 13.7 Å². The quantitative estimate of drug-likeness (QED) is 0.732. The van der Waals surface area contributed by atoms with Crippen molar-refractivity contribution in [2.45, 2.75) is 12.8 Å². The van der Waals surface area contributed by atoms with Gasteiger partial charge in [0, 0.05) is 12.7 Å². The summed E-state index contributed by atoms with van der Waals surface area (Å²) in [4.78, 5) is 16.9. The summed E-state index contributed by atoms with van der Waals surface area (Å²) in [6.07, 6.45) is 4.01. The molecule has 0 aliphatic carbocycles. The molecule has 6 nitrogen and oxygen atoms in total. The number of aryl methyl sites for hydroxylation is 1. The van der Waals surface area contributed by atoms with E-state index in [1.54, 1.807) is 19.6 Å². The van der Waals surface area contributed by atoms with Gasteiger partial charge in [-0.1, -0.05) is 18.2 Å². The zero-order valence-corrected chi connectivity index (χ0v) is 11.4. The molecular formula is C14H19N3O3.